The Hall–Kier alpha value is -2.31. The number of hydrogen-bond donors (Lipinski definition) is 1. The maximum absolute atomic E-state index is 13.4. The molecule has 1 N–H and O–H groups in total. The largest absolute Gasteiger partial charge is 0.497 e. The van der Waals surface area contributed by atoms with Crippen LogP contribution in [0.3, 0.4) is 0 Å². The van der Waals surface area contributed by atoms with Gasteiger partial charge in [-0.3, -0.25) is 4.72 Å². The smallest absolute Gasteiger partial charge is 0.494 e. The summed E-state index contributed by atoms with van der Waals surface area (Å²) in [5, 5.41) is 0.760. The van der Waals surface area contributed by atoms with E-state index in [0.29, 0.717) is 24.8 Å². The van der Waals surface area contributed by atoms with E-state index in [1.165, 1.54) is 12.1 Å². The molecule has 0 saturated carbocycles. The number of hydrogen-bond acceptors (Lipinski definition) is 6. The van der Waals surface area contributed by atoms with Crippen molar-refractivity contribution in [1.29, 1.82) is 0 Å². The van der Waals surface area contributed by atoms with Crippen LogP contribution in [0.2, 0.25) is 25.7 Å². The third-order valence-electron chi connectivity index (χ3n) is 7.28. The van der Waals surface area contributed by atoms with Gasteiger partial charge in [0.25, 0.3) is 10.0 Å². The van der Waals surface area contributed by atoms with Crippen LogP contribution >= 0.6 is 0 Å². The van der Waals surface area contributed by atoms with Crippen LogP contribution in [0.4, 0.5) is 5.69 Å². The lowest BCUT2D eigenvalue weighted by atomic mass is 9.78. The standard InChI is InChI=1S/C27H39BN2O6SSi/c1-26(2)27(3,4)36-28(35-26)20-17-24(29-37(31,32)22-11-9-21(33-5)10-12-22)23-13-14-30(25(23)18-20)19-34-15-16-38(6,7)8/h9-14,17-18,29H,15-16,19H2,1-8H3. The molecule has 1 fully saturated rings. The van der Waals surface area contributed by atoms with Crippen molar-refractivity contribution in [2.45, 2.75) is 76.2 Å². The number of rotatable bonds is 10. The third kappa shape index (κ3) is 6.12. The Balaban J connectivity index is 1.71. The topological polar surface area (TPSA) is 88.0 Å². The average Bonchev–Trinajstić information content (AvgIpc) is 3.32. The number of anilines is 1. The van der Waals surface area contributed by atoms with E-state index in [0.717, 1.165) is 22.4 Å². The van der Waals surface area contributed by atoms with Gasteiger partial charge in [-0.05, 0) is 81.7 Å². The number of nitrogens with one attached hydrogen (secondary N) is 1. The molecule has 0 radical (unpaired) electrons. The molecular weight excluding hydrogens is 519 g/mol. The molecule has 4 rings (SSSR count). The number of sulfonamides is 1. The molecule has 8 nitrogen and oxygen atoms in total. The lowest BCUT2D eigenvalue weighted by molar-refractivity contribution is 0.00578. The van der Waals surface area contributed by atoms with Crippen molar-refractivity contribution in [3.63, 3.8) is 0 Å². The normalized spacial score (nSPS) is 17.2. The van der Waals surface area contributed by atoms with Gasteiger partial charge in [0.2, 0.25) is 0 Å². The van der Waals surface area contributed by atoms with Crippen molar-refractivity contribution in [2.24, 2.45) is 0 Å². The maximum atomic E-state index is 13.4. The molecule has 1 aliphatic rings. The summed E-state index contributed by atoms with van der Waals surface area (Å²) < 4.78 is 55.3. The van der Waals surface area contributed by atoms with Crippen molar-refractivity contribution in [3.8, 4) is 5.75 Å². The van der Waals surface area contributed by atoms with E-state index in [4.69, 9.17) is 18.8 Å². The van der Waals surface area contributed by atoms with Crippen molar-refractivity contribution < 1.29 is 27.2 Å². The summed E-state index contributed by atoms with van der Waals surface area (Å²) in [5.74, 6) is 0.584. The first-order chi connectivity index (χ1) is 17.6. The maximum Gasteiger partial charge on any atom is 0.494 e. The Morgan fingerprint density at radius 3 is 2.21 bits per heavy atom. The number of methoxy groups -OCH3 is 1. The second-order valence-corrected chi connectivity index (χ2v) is 19.3. The minimum Gasteiger partial charge on any atom is -0.497 e. The number of ether oxygens (including phenoxy) is 2. The van der Waals surface area contributed by atoms with Crippen LogP contribution in [0.25, 0.3) is 10.9 Å². The highest BCUT2D eigenvalue weighted by Crippen LogP contribution is 2.37. The van der Waals surface area contributed by atoms with E-state index in [9.17, 15) is 8.42 Å². The molecule has 11 heteroatoms. The molecule has 2 aromatic carbocycles. The molecule has 0 bridgehead atoms. The third-order valence-corrected chi connectivity index (χ3v) is 10.4. The SMILES string of the molecule is COc1ccc(S(=O)(=O)Nc2cc(B3OC(C)(C)C(C)(C)O3)cc3c2ccn3COCC[Si](C)(C)C)cc1. The van der Waals surface area contributed by atoms with Gasteiger partial charge in [-0.25, -0.2) is 8.42 Å². The van der Waals surface area contributed by atoms with Gasteiger partial charge in [0, 0.05) is 26.3 Å². The van der Waals surface area contributed by atoms with Crippen LogP contribution < -0.4 is 14.9 Å². The van der Waals surface area contributed by atoms with Crippen molar-refractivity contribution in [2.75, 3.05) is 18.4 Å². The number of nitrogens with zero attached hydrogens (tertiary/aromatic N) is 1. The minimum absolute atomic E-state index is 0.140. The number of fused-ring (bicyclic) bond motifs is 1. The highest BCUT2D eigenvalue weighted by Gasteiger charge is 2.51. The Labute approximate surface area is 227 Å². The minimum atomic E-state index is -3.87. The van der Waals surface area contributed by atoms with Crippen LogP contribution in [0.15, 0.2) is 53.6 Å². The predicted molar refractivity (Wildman–Crippen MR) is 156 cm³/mol. The zero-order valence-electron chi connectivity index (χ0n) is 23.6. The second kappa shape index (κ2) is 10.3. The molecule has 1 aliphatic heterocycles. The van der Waals surface area contributed by atoms with Crippen molar-refractivity contribution in [3.05, 3.63) is 48.7 Å². The molecular formula is C27H39BN2O6SSi. The molecule has 1 aromatic heterocycles. The summed E-state index contributed by atoms with van der Waals surface area (Å²) in [6.45, 7) is 16.0. The monoisotopic (exact) mass is 558 g/mol. The molecule has 0 amide bonds. The van der Waals surface area contributed by atoms with Gasteiger partial charge in [-0.1, -0.05) is 19.6 Å². The fourth-order valence-corrected chi connectivity index (χ4v) is 5.96. The van der Waals surface area contributed by atoms with Gasteiger partial charge in [0.1, 0.15) is 12.5 Å². The van der Waals surface area contributed by atoms with E-state index < -0.39 is 36.4 Å². The van der Waals surface area contributed by atoms with Gasteiger partial charge in [0.05, 0.1) is 34.4 Å². The molecule has 206 valence electrons. The first-order valence-corrected chi connectivity index (χ1v) is 18.0. The summed E-state index contributed by atoms with van der Waals surface area (Å²) in [6, 6.07) is 13.0. The molecule has 38 heavy (non-hydrogen) atoms. The van der Waals surface area contributed by atoms with Gasteiger partial charge in [-0.2, -0.15) is 0 Å². The van der Waals surface area contributed by atoms with Gasteiger partial charge >= 0.3 is 7.12 Å². The molecule has 1 saturated heterocycles. The quantitative estimate of drug-likeness (QED) is 0.277. The summed E-state index contributed by atoms with van der Waals surface area (Å²) in [6.07, 6.45) is 1.92. The Bertz CT molecular complexity index is 1380. The first kappa shape index (κ1) is 28.7. The Morgan fingerprint density at radius 2 is 1.63 bits per heavy atom. The fraction of sp³-hybridized carbons (Fsp3) is 0.481. The molecule has 0 spiro atoms. The summed E-state index contributed by atoms with van der Waals surface area (Å²) >= 11 is 0. The Kier molecular flexibility index (Phi) is 7.81. The summed E-state index contributed by atoms with van der Waals surface area (Å²) in [5.41, 5.74) is 0.946. The van der Waals surface area contributed by atoms with E-state index in [1.807, 2.05) is 50.6 Å². The summed E-state index contributed by atoms with van der Waals surface area (Å²) in [7, 11) is -4.19. The number of aromatic nitrogens is 1. The van der Waals surface area contributed by atoms with Crippen molar-refractivity contribution in [1.82, 2.24) is 4.57 Å². The average molecular weight is 559 g/mol. The zero-order chi connectivity index (χ0) is 27.9. The van der Waals surface area contributed by atoms with E-state index >= 15 is 0 Å². The lowest BCUT2D eigenvalue weighted by Crippen LogP contribution is -2.41. The predicted octanol–water partition coefficient (Wildman–Crippen LogP) is 5.06. The van der Waals surface area contributed by atoms with Crippen LogP contribution in [-0.4, -0.2) is 53.1 Å². The van der Waals surface area contributed by atoms with Crippen molar-refractivity contribution >= 4 is 47.3 Å². The van der Waals surface area contributed by atoms with Crippen LogP contribution in [0.1, 0.15) is 27.7 Å². The highest BCUT2D eigenvalue weighted by atomic mass is 32.2. The summed E-state index contributed by atoms with van der Waals surface area (Å²) in [4.78, 5) is 0.140. The van der Waals surface area contributed by atoms with E-state index in [-0.39, 0.29) is 4.90 Å². The Morgan fingerprint density at radius 1 is 1.00 bits per heavy atom. The van der Waals surface area contributed by atoms with E-state index in [1.54, 1.807) is 25.3 Å². The molecule has 0 aliphatic carbocycles. The van der Waals surface area contributed by atoms with E-state index in [2.05, 4.69) is 24.4 Å². The van der Waals surface area contributed by atoms with Crippen LogP contribution in [0, 0.1) is 0 Å². The molecule has 0 atom stereocenters. The van der Waals surface area contributed by atoms with Gasteiger partial charge in [-0.15, -0.1) is 0 Å². The fourth-order valence-electron chi connectivity index (χ4n) is 4.13. The van der Waals surface area contributed by atoms with Gasteiger partial charge in [0.15, 0.2) is 0 Å². The molecule has 0 unspecified atom stereocenters. The van der Waals surface area contributed by atoms with Crippen LogP contribution in [-0.2, 0) is 30.8 Å². The molecule has 2 heterocycles. The van der Waals surface area contributed by atoms with Gasteiger partial charge < -0.3 is 23.3 Å². The zero-order valence-corrected chi connectivity index (χ0v) is 25.4. The van der Waals surface area contributed by atoms with Crippen LogP contribution in [0.5, 0.6) is 5.75 Å². The lowest BCUT2D eigenvalue weighted by Gasteiger charge is -2.32. The highest BCUT2D eigenvalue weighted by molar-refractivity contribution is 7.92. The number of benzene rings is 2. The first-order valence-electron chi connectivity index (χ1n) is 12.8. The molecule has 3 aromatic rings. The second-order valence-electron chi connectivity index (χ2n) is 12.0.